The summed E-state index contributed by atoms with van der Waals surface area (Å²) in [6.45, 7) is 5.49. The zero-order chi connectivity index (χ0) is 22.9. The van der Waals surface area contributed by atoms with Gasteiger partial charge in [0.25, 0.3) is 0 Å². The SMILES string of the molecule is Cc1nc(C2CCC(N3C[C@H](CS(C)(=O)=O)OC[C@@H]3Cc3ccc(Cl)cc3)CC2)sc1C.Cl. The van der Waals surface area contributed by atoms with E-state index in [1.807, 2.05) is 23.5 Å². The highest BCUT2D eigenvalue weighted by Gasteiger charge is 2.37. The molecule has 0 radical (unpaired) electrons. The minimum atomic E-state index is -3.08. The van der Waals surface area contributed by atoms with Crippen molar-refractivity contribution in [3.05, 3.63) is 50.4 Å². The summed E-state index contributed by atoms with van der Waals surface area (Å²) >= 11 is 7.91. The van der Waals surface area contributed by atoms with Gasteiger partial charge in [-0.1, -0.05) is 23.7 Å². The molecule has 1 saturated heterocycles. The van der Waals surface area contributed by atoms with Crippen molar-refractivity contribution in [2.24, 2.45) is 0 Å². The van der Waals surface area contributed by atoms with Gasteiger partial charge < -0.3 is 4.74 Å². The van der Waals surface area contributed by atoms with E-state index in [-0.39, 0.29) is 30.3 Å². The van der Waals surface area contributed by atoms with Crippen molar-refractivity contribution in [1.29, 1.82) is 0 Å². The molecule has 1 aromatic heterocycles. The fraction of sp³-hybridized carbons (Fsp3) is 0.625. The number of aryl methyl sites for hydroxylation is 2. The van der Waals surface area contributed by atoms with Gasteiger partial charge in [-0.2, -0.15) is 0 Å². The van der Waals surface area contributed by atoms with Crippen molar-refractivity contribution in [3.8, 4) is 0 Å². The van der Waals surface area contributed by atoms with E-state index in [0.717, 1.165) is 42.8 Å². The summed E-state index contributed by atoms with van der Waals surface area (Å²) in [7, 11) is -3.08. The minimum Gasteiger partial charge on any atom is -0.374 e. The number of thiazole rings is 1. The molecule has 1 aliphatic heterocycles. The van der Waals surface area contributed by atoms with Gasteiger partial charge in [-0.25, -0.2) is 13.4 Å². The van der Waals surface area contributed by atoms with Gasteiger partial charge in [0, 0.05) is 40.7 Å². The molecule has 33 heavy (non-hydrogen) atoms. The quantitative estimate of drug-likeness (QED) is 0.510. The van der Waals surface area contributed by atoms with Gasteiger partial charge in [0.05, 0.1) is 29.2 Å². The number of nitrogens with zero attached hydrogens (tertiary/aromatic N) is 2. The summed E-state index contributed by atoms with van der Waals surface area (Å²) in [6.07, 6.45) is 6.43. The van der Waals surface area contributed by atoms with Crippen molar-refractivity contribution < 1.29 is 13.2 Å². The molecular weight excluding hydrogens is 499 g/mol. The molecule has 184 valence electrons. The molecule has 2 heterocycles. The van der Waals surface area contributed by atoms with Crippen molar-refractivity contribution in [2.45, 2.75) is 70.1 Å². The molecule has 0 spiro atoms. The lowest BCUT2D eigenvalue weighted by atomic mass is 9.84. The zero-order valence-electron chi connectivity index (χ0n) is 19.5. The summed E-state index contributed by atoms with van der Waals surface area (Å²) in [5.74, 6) is 0.635. The standard InChI is InChI=1S/C24H33ClN2O3S2.ClH/c1-16-17(2)31-24(26-16)19-6-10-21(11-7-19)27-13-23(15-32(3,28)29)30-14-22(27)12-18-4-8-20(25)9-5-18;/h4-5,8-9,19,21-23H,6-7,10-15H2,1-3H3;1H/t19?,21?,22-,23+;/m0./s1. The van der Waals surface area contributed by atoms with Crippen LogP contribution in [0.3, 0.4) is 0 Å². The van der Waals surface area contributed by atoms with Crippen LogP contribution in [-0.4, -0.2) is 61.6 Å². The van der Waals surface area contributed by atoms with Crippen molar-refractivity contribution in [3.63, 3.8) is 0 Å². The van der Waals surface area contributed by atoms with Crippen LogP contribution in [0, 0.1) is 13.8 Å². The number of rotatable bonds is 6. The van der Waals surface area contributed by atoms with E-state index < -0.39 is 9.84 Å². The Morgan fingerprint density at radius 1 is 1.15 bits per heavy atom. The highest BCUT2D eigenvalue weighted by Crippen LogP contribution is 2.38. The molecule has 2 aromatic rings. The normalized spacial score (nSPS) is 26.7. The number of hydrogen-bond acceptors (Lipinski definition) is 6. The first kappa shape index (κ1) is 26.9. The molecule has 1 saturated carbocycles. The van der Waals surface area contributed by atoms with E-state index in [1.165, 1.54) is 21.7 Å². The van der Waals surface area contributed by atoms with Crippen LogP contribution in [-0.2, 0) is 21.0 Å². The van der Waals surface area contributed by atoms with Crippen molar-refractivity contribution >= 4 is 45.2 Å². The van der Waals surface area contributed by atoms with Gasteiger partial charge in [-0.05, 0) is 63.6 Å². The first-order valence-corrected chi connectivity index (χ1v) is 14.7. The second kappa shape index (κ2) is 11.4. The molecule has 4 rings (SSSR count). The van der Waals surface area contributed by atoms with Gasteiger partial charge in [0.15, 0.2) is 0 Å². The van der Waals surface area contributed by atoms with Crippen LogP contribution >= 0.6 is 35.3 Å². The number of sulfone groups is 1. The molecule has 9 heteroatoms. The Morgan fingerprint density at radius 3 is 2.39 bits per heavy atom. The smallest absolute Gasteiger partial charge is 0.150 e. The molecule has 1 aromatic carbocycles. The minimum absolute atomic E-state index is 0. The van der Waals surface area contributed by atoms with Crippen LogP contribution in [0.4, 0.5) is 0 Å². The van der Waals surface area contributed by atoms with Crippen molar-refractivity contribution in [2.75, 3.05) is 25.2 Å². The molecule has 5 nitrogen and oxygen atoms in total. The van der Waals surface area contributed by atoms with Gasteiger partial charge in [0.2, 0.25) is 0 Å². The maximum absolute atomic E-state index is 11.9. The molecule has 0 N–H and O–H groups in total. The predicted molar refractivity (Wildman–Crippen MR) is 139 cm³/mol. The third-order valence-electron chi connectivity index (χ3n) is 6.84. The number of benzene rings is 1. The number of ether oxygens (including phenoxy) is 1. The number of morpholine rings is 1. The van der Waals surface area contributed by atoms with Gasteiger partial charge in [0.1, 0.15) is 9.84 Å². The van der Waals surface area contributed by atoms with Crippen LogP contribution in [0.2, 0.25) is 5.02 Å². The lowest BCUT2D eigenvalue weighted by Gasteiger charge is -2.46. The highest BCUT2D eigenvalue weighted by molar-refractivity contribution is 7.90. The highest BCUT2D eigenvalue weighted by atomic mass is 35.5. The summed E-state index contributed by atoms with van der Waals surface area (Å²) in [5.41, 5.74) is 2.39. The number of aromatic nitrogens is 1. The summed E-state index contributed by atoms with van der Waals surface area (Å²) in [5, 5.41) is 2.03. The molecular formula is C24H34Cl2N2O3S2. The van der Waals surface area contributed by atoms with Gasteiger partial charge in [-0.15, -0.1) is 23.7 Å². The Labute approximate surface area is 213 Å². The van der Waals surface area contributed by atoms with E-state index in [4.69, 9.17) is 21.3 Å². The Kier molecular flexibility index (Phi) is 9.26. The van der Waals surface area contributed by atoms with Crippen LogP contribution in [0.15, 0.2) is 24.3 Å². The fourth-order valence-corrected chi connectivity index (χ4v) is 7.16. The van der Waals surface area contributed by atoms with E-state index in [2.05, 4.69) is 30.9 Å². The maximum Gasteiger partial charge on any atom is 0.150 e. The number of hydrogen-bond donors (Lipinski definition) is 0. The number of halogens is 2. The Hall–Kier alpha value is -0.700. The van der Waals surface area contributed by atoms with Crippen molar-refractivity contribution in [1.82, 2.24) is 9.88 Å². The zero-order valence-corrected chi connectivity index (χ0v) is 22.7. The first-order chi connectivity index (χ1) is 15.2. The topological polar surface area (TPSA) is 59.5 Å². The van der Waals surface area contributed by atoms with Crippen LogP contribution in [0.5, 0.6) is 0 Å². The Bertz CT molecular complexity index is 999. The van der Waals surface area contributed by atoms with Crippen LogP contribution in [0.25, 0.3) is 0 Å². The fourth-order valence-electron chi connectivity index (χ4n) is 5.06. The monoisotopic (exact) mass is 532 g/mol. The van der Waals surface area contributed by atoms with Crippen LogP contribution < -0.4 is 0 Å². The summed E-state index contributed by atoms with van der Waals surface area (Å²) in [4.78, 5) is 8.67. The summed E-state index contributed by atoms with van der Waals surface area (Å²) < 4.78 is 29.8. The third-order valence-corrected chi connectivity index (χ3v) is 9.31. The molecule has 1 aliphatic carbocycles. The van der Waals surface area contributed by atoms with E-state index in [0.29, 0.717) is 25.1 Å². The van der Waals surface area contributed by atoms with Gasteiger partial charge >= 0.3 is 0 Å². The largest absolute Gasteiger partial charge is 0.374 e. The molecule has 0 unspecified atom stereocenters. The molecule has 0 amide bonds. The maximum atomic E-state index is 11.9. The van der Waals surface area contributed by atoms with E-state index in [1.54, 1.807) is 0 Å². The third kappa shape index (κ3) is 7.15. The lowest BCUT2D eigenvalue weighted by Crippen LogP contribution is -2.56. The molecule has 2 atom stereocenters. The first-order valence-electron chi connectivity index (χ1n) is 11.4. The molecule has 0 bridgehead atoms. The average Bonchev–Trinajstić information content (AvgIpc) is 3.08. The van der Waals surface area contributed by atoms with Gasteiger partial charge in [-0.3, -0.25) is 4.90 Å². The molecule has 2 fully saturated rings. The van der Waals surface area contributed by atoms with E-state index >= 15 is 0 Å². The Balaban J connectivity index is 0.00000306. The average molecular weight is 534 g/mol. The second-order valence-corrected chi connectivity index (χ2v) is 13.3. The predicted octanol–water partition coefficient (Wildman–Crippen LogP) is 5.22. The molecule has 2 aliphatic rings. The Morgan fingerprint density at radius 2 is 1.82 bits per heavy atom. The second-order valence-electron chi connectivity index (χ2n) is 9.43. The van der Waals surface area contributed by atoms with E-state index in [9.17, 15) is 8.42 Å². The lowest BCUT2D eigenvalue weighted by molar-refractivity contribution is -0.0755. The van der Waals surface area contributed by atoms with Crippen LogP contribution in [0.1, 0.15) is 52.7 Å². The summed E-state index contributed by atoms with van der Waals surface area (Å²) in [6, 6.07) is 8.72.